The van der Waals surface area contributed by atoms with E-state index in [-0.39, 0.29) is 5.54 Å². The van der Waals surface area contributed by atoms with Crippen LogP contribution in [0.25, 0.3) is 0 Å². The van der Waals surface area contributed by atoms with E-state index in [4.69, 9.17) is 0 Å². The Kier molecular flexibility index (Phi) is 6.69. The van der Waals surface area contributed by atoms with Crippen molar-refractivity contribution in [2.24, 2.45) is 7.05 Å². The minimum Gasteiger partial charge on any atom is -0.309 e. The second kappa shape index (κ2) is 7.79. The van der Waals surface area contributed by atoms with Crippen LogP contribution in [0.2, 0.25) is 0 Å². The number of rotatable bonds is 9. The monoisotopic (exact) mass is 280 g/mol. The molecule has 1 N–H and O–H groups in total. The molecule has 0 spiro atoms. The summed E-state index contributed by atoms with van der Waals surface area (Å²) in [4.78, 5) is 2.60. The standard InChI is InChI=1S/C16H32N4/c1-7-16(8-2,20(10-4)11-5)15(17-9-3)14-12-18-19(6)13-14/h12-13,15,17H,7-11H2,1-6H3. The Morgan fingerprint density at radius 1 is 1.20 bits per heavy atom. The number of hydrogen-bond acceptors (Lipinski definition) is 3. The van der Waals surface area contributed by atoms with E-state index in [0.717, 1.165) is 32.5 Å². The molecule has 0 amide bonds. The summed E-state index contributed by atoms with van der Waals surface area (Å²) in [6.45, 7) is 14.5. The first-order chi connectivity index (χ1) is 9.59. The lowest BCUT2D eigenvalue weighted by molar-refractivity contribution is 0.0492. The van der Waals surface area contributed by atoms with E-state index in [1.165, 1.54) is 5.56 Å². The van der Waals surface area contributed by atoms with Crippen LogP contribution in [0.4, 0.5) is 0 Å². The summed E-state index contributed by atoms with van der Waals surface area (Å²) in [5.74, 6) is 0. The second-order valence-corrected chi connectivity index (χ2v) is 5.42. The molecule has 0 fully saturated rings. The van der Waals surface area contributed by atoms with Crippen LogP contribution in [0.5, 0.6) is 0 Å². The molecule has 0 aromatic carbocycles. The SMILES string of the molecule is CCNC(c1cnn(C)c1)C(CC)(CC)N(CC)CC. The van der Waals surface area contributed by atoms with Gasteiger partial charge in [0.25, 0.3) is 0 Å². The van der Waals surface area contributed by atoms with Crippen LogP contribution in [0.15, 0.2) is 12.4 Å². The third kappa shape index (κ3) is 3.23. The van der Waals surface area contributed by atoms with Crippen LogP contribution in [-0.2, 0) is 7.05 Å². The Morgan fingerprint density at radius 3 is 2.15 bits per heavy atom. The molecule has 0 aliphatic rings. The summed E-state index contributed by atoms with van der Waals surface area (Å²) in [5, 5.41) is 8.08. The van der Waals surface area contributed by atoms with Gasteiger partial charge >= 0.3 is 0 Å². The Balaban J connectivity index is 3.23. The Labute approximate surface area is 124 Å². The Hall–Kier alpha value is -0.870. The van der Waals surface area contributed by atoms with E-state index >= 15 is 0 Å². The van der Waals surface area contributed by atoms with Gasteiger partial charge in [0.15, 0.2) is 0 Å². The number of aryl methyl sites for hydroxylation is 1. The van der Waals surface area contributed by atoms with Crippen LogP contribution < -0.4 is 5.32 Å². The molecule has 0 bridgehead atoms. The molecule has 20 heavy (non-hydrogen) atoms. The third-order valence-electron chi connectivity index (χ3n) is 4.62. The first kappa shape index (κ1) is 17.2. The van der Waals surface area contributed by atoms with Crippen molar-refractivity contribution in [2.45, 2.75) is 59.0 Å². The number of hydrogen-bond donors (Lipinski definition) is 1. The van der Waals surface area contributed by atoms with Crippen molar-refractivity contribution in [3.63, 3.8) is 0 Å². The van der Waals surface area contributed by atoms with E-state index in [1.54, 1.807) is 0 Å². The largest absolute Gasteiger partial charge is 0.309 e. The molecule has 1 aromatic heterocycles. The zero-order valence-electron chi connectivity index (χ0n) is 14.1. The number of nitrogens with zero attached hydrogens (tertiary/aromatic N) is 3. The maximum absolute atomic E-state index is 4.37. The lowest BCUT2D eigenvalue weighted by atomic mass is 9.79. The first-order valence-corrected chi connectivity index (χ1v) is 8.06. The molecule has 0 saturated carbocycles. The van der Waals surface area contributed by atoms with Crippen molar-refractivity contribution in [3.05, 3.63) is 18.0 Å². The van der Waals surface area contributed by atoms with Crippen molar-refractivity contribution in [1.82, 2.24) is 20.0 Å². The Morgan fingerprint density at radius 2 is 1.80 bits per heavy atom. The summed E-state index contributed by atoms with van der Waals surface area (Å²) < 4.78 is 1.90. The van der Waals surface area contributed by atoms with Gasteiger partial charge in [-0.2, -0.15) is 5.10 Å². The van der Waals surface area contributed by atoms with Crippen LogP contribution in [0.3, 0.4) is 0 Å². The van der Waals surface area contributed by atoms with E-state index in [2.05, 4.69) is 56.1 Å². The Bertz CT molecular complexity index is 378. The minimum absolute atomic E-state index is 0.155. The fourth-order valence-corrected chi connectivity index (χ4v) is 3.55. The highest BCUT2D eigenvalue weighted by atomic mass is 15.3. The quantitative estimate of drug-likeness (QED) is 0.755. The predicted octanol–water partition coefficient (Wildman–Crippen LogP) is 2.97. The van der Waals surface area contributed by atoms with Gasteiger partial charge in [0.05, 0.1) is 12.2 Å². The molecule has 0 saturated heterocycles. The molecule has 1 heterocycles. The van der Waals surface area contributed by atoms with Crippen molar-refractivity contribution < 1.29 is 0 Å². The summed E-state index contributed by atoms with van der Waals surface area (Å²) in [5.41, 5.74) is 1.45. The fraction of sp³-hybridized carbons (Fsp3) is 0.812. The smallest absolute Gasteiger partial charge is 0.0538 e. The molecule has 0 aliphatic heterocycles. The molecule has 1 atom stereocenters. The number of aromatic nitrogens is 2. The van der Waals surface area contributed by atoms with Gasteiger partial charge in [-0.1, -0.05) is 34.6 Å². The van der Waals surface area contributed by atoms with E-state index < -0.39 is 0 Å². The maximum atomic E-state index is 4.37. The van der Waals surface area contributed by atoms with Crippen molar-refractivity contribution in [1.29, 1.82) is 0 Å². The third-order valence-corrected chi connectivity index (χ3v) is 4.62. The van der Waals surface area contributed by atoms with E-state index in [0.29, 0.717) is 6.04 Å². The molecule has 1 rings (SSSR count). The summed E-state index contributed by atoms with van der Waals surface area (Å²) in [7, 11) is 1.99. The van der Waals surface area contributed by atoms with Crippen LogP contribution in [-0.4, -0.2) is 39.9 Å². The lowest BCUT2D eigenvalue weighted by Crippen LogP contribution is -2.56. The molecule has 4 heteroatoms. The molecule has 1 aromatic rings. The minimum atomic E-state index is 0.155. The predicted molar refractivity (Wildman–Crippen MR) is 85.9 cm³/mol. The normalized spacial score (nSPS) is 13.9. The molecular weight excluding hydrogens is 248 g/mol. The summed E-state index contributed by atoms with van der Waals surface area (Å²) >= 11 is 0. The average molecular weight is 280 g/mol. The van der Waals surface area contributed by atoms with Gasteiger partial charge in [0, 0.05) is 24.3 Å². The first-order valence-electron chi connectivity index (χ1n) is 8.06. The molecule has 4 nitrogen and oxygen atoms in total. The summed E-state index contributed by atoms with van der Waals surface area (Å²) in [6.07, 6.45) is 6.43. The van der Waals surface area contributed by atoms with Gasteiger partial charge in [-0.25, -0.2) is 0 Å². The maximum Gasteiger partial charge on any atom is 0.0538 e. The van der Waals surface area contributed by atoms with Gasteiger partial charge in [0.1, 0.15) is 0 Å². The number of likely N-dealkylation sites (N-methyl/N-ethyl adjacent to an activating group) is 2. The van der Waals surface area contributed by atoms with Crippen LogP contribution in [0.1, 0.15) is 59.1 Å². The highest BCUT2D eigenvalue weighted by Gasteiger charge is 2.40. The van der Waals surface area contributed by atoms with Crippen LogP contribution >= 0.6 is 0 Å². The molecule has 116 valence electrons. The highest BCUT2D eigenvalue weighted by molar-refractivity contribution is 5.18. The topological polar surface area (TPSA) is 33.1 Å². The molecule has 0 radical (unpaired) electrons. The van der Waals surface area contributed by atoms with E-state index in [1.807, 2.05) is 17.9 Å². The van der Waals surface area contributed by atoms with E-state index in [9.17, 15) is 0 Å². The van der Waals surface area contributed by atoms with Gasteiger partial charge in [-0.3, -0.25) is 9.58 Å². The molecule has 1 unspecified atom stereocenters. The van der Waals surface area contributed by atoms with Crippen molar-refractivity contribution >= 4 is 0 Å². The van der Waals surface area contributed by atoms with Crippen molar-refractivity contribution in [2.75, 3.05) is 19.6 Å². The van der Waals surface area contributed by atoms with Gasteiger partial charge in [0.2, 0.25) is 0 Å². The van der Waals surface area contributed by atoms with Gasteiger partial charge in [-0.05, 0) is 32.5 Å². The molecule has 0 aliphatic carbocycles. The fourth-order valence-electron chi connectivity index (χ4n) is 3.55. The zero-order chi connectivity index (χ0) is 15.2. The van der Waals surface area contributed by atoms with Gasteiger partial charge < -0.3 is 5.32 Å². The lowest BCUT2D eigenvalue weighted by Gasteiger charge is -2.48. The average Bonchev–Trinajstić information content (AvgIpc) is 2.89. The second-order valence-electron chi connectivity index (χ2n) is 5.42. The molecular formula is C16H32N4. The van der Waals surface area contributed by atoms with Crippen molar-refractivity contribution in [3.8, 4) is 0 Å². The van der Waals surface area contributed by atoms with Crippen LogP contribution in [0, 0.1) is 0 Å². The zero-order valence-corrected chi connectivity index (χ0v) is 14.1. The highest BCUT2D eigenvalue weighted by Crippen LogP contribution is 2.37. The number of nitrogens with one attached hydrogen (secondary N) is 1. The summed E-state index contributed by atoms with van der Waals surface area (Å²) in [6, 6.07) is 0.330. The van der Waals surface area contributed by atoms with Gasteiger partial charge in [-0.15, -0.1) is 0 Å².